The third-order valence-electron chi connectivity index (χ3n) is 6.23. The summed E-state index contributed by atoms with van der Waals surface area (Å²) in [5.41, 5.74) is 5.91. The van der Waals surface area contributed by atoms with Crippen LogP contribution in [-0.4, -0.2) is 28.6 Å². The van der Waals surface area contributed by atoms with E-state index in [1.54, 1.807) is 0 Å². The smallest absolute Gasteiger partial charge is 0.123 e. The summed E-state index contributed by atoms with van der Waals surface area (Å²) in [7, 11) is 0. The maximum atomic E-state index is 9.69. The summed E-state index contributed by atoms with van der Waals surface area (Å²) in [4.78, 5) is 2.56. The van der Waals surface area contributed by atoms with Crippen molar-refractivity contribution in [3.63, 3.8) is 0 Å². The SMILES string of the molecule is CC(C)N(CCCc1ccccc1Cc1cc(CO)ccc1OCc1ccccc1)C(C)C. The molecule has 0 aliphatic rings. The van der Waals surface area contributed by atoms with Crippen LogP contribution in [0.25, 0.3) is 0 Å². The van der Waals surface area contributed by atoms with Gasteiger partial charge in [0, 0.05) is 18.5 Å². The van der Waals surface area contributed by atoms with Crippen LogP contribution >= 0.6 is 0 Å². The maximum absolute atomic E-state index is 9.69. The fraction of sp³-hybridized carbons (Fsp3) is 0.400. The molecule has 3 nitrogen and oxygen atoms in total. The standard InChI is InChI=1S/C30H39NO2/c1-23(2)31(24(3)4)18-10-15-27-13-8-9-14-28(27)20-29-19-26(21-32)16-17-30(29)33-22-25-11-6-5-7-12-25/h5-9,11-14,16-17,19,23-24,32H,10,15,18,20-22H2,1-4H3. The number of nitrogens with zero attached hydrogens (tertiary/aromatic N) is 1. The molecule has 0 unspecified atom stereocenters. The van der Waals surface area contributed by atoms with Gasteiger partial charge in [0.2, 0.25) is 0 Å². The minimum absolute atomic E-state index is 0.0356. The quantitative estimate of drug-likeness (QED) is 0.350. The topological polar surface area (TPSA) is 32.7 Å². The first-order valence-corrected chi connectivity index (χ1v) is 12.2. The highest BCUT2D eigenvalue weighted by Gasteiger charge is 2.14. The van der Waals surface area contributed by atoms with Crippen LogP contribution in [0.4, 0.5) is 0 Å². The van der Waals surface area contributed by atoms with Crippen molar-refractivity contribution in [1.82, 2.24) is 4.90 Å². The average Bonchev–Trinajstić information content (AvgIpc) is 2.82. The first-order valence-electron chi connectivity index (χ1n) is 12.2. The van der Waals surface area contributed by atoms with Gasteiger partial charge in [0.05, 0.1) is 6.61 Å². The van der Waals surface area contributed by atoms with Crippen molar-refractivity contribution in [3.8, 4) is 5.75 Å². The molecule has 0 radical (unpaired) electrons. The van der Waals surface area contributed by atoms with E-state index in [0.29, 0.717) is 18.7 Å². The Morgan fingerprint density at radius 1 is 0.758 bits per heavy atom. The van der Waals surface area contributed by atoms with Crippen LogP contribution in [0.15, 0.2) is 72.8 Å². The van der Waals surface area contributed by atoms with Gasteiger partial charge in [-0.25, -0.2) is 0 Å². The molecule has 0 atom stereocenters. The van der Waals surface area contributed by atoms with Crippen LogP contribution < -0.4 is 4.74 Å². The maximum Gasteiger partial charge on any atom is 0.123 e. The molecule has 0 bridgehead atoms. The molecule has 3 heteroatoms. The van der Waals surface area contributed by atoms with Gasteiger partial charge in [-0.2, -0.15) is 0 Å². The Kier molecular flexibility index (Phi) is 9.53. The van der Waals surface area contributed by atoms with Crippen molar-refractivity contribution in [1.29, 1.82) is 0 Å². The Hall–Kier alpha value is -2.62. The third-order valence-corrected chi connectivity index (χ3v) is 6.23. The fourth-order valence-electron chi connectivity index (χ4n) is 4.49. The minimum atomic E-state index is 0.0356. The summed E-state index contributed by atoms with van der Waals surface area (Å²) in [5.74, 6) is 0.886. The van der Waals surface area contributed by atoms with E-state index in [1.807, 2.05) is 30.3 Å². The summed E-state index contributed by atoms with van der Waals surface area (Å²) >= 11 is 0. The van der Waals surface area contributed by atoms with E-state index in [1.165, 1.54) is 11.1 Å². The molecule has 33 heavy (non-hydrogen) atoms. The lowest BCUT2D eigenvalue weighted by Crippen LogP contribution is -2.37. The number of aryl methyl sites for hydroxylation is 1. The zero-order valence-corrected chi connectivity index (χ0v) is 20.6. The zero-order chi connectivity index (χ0) is 23.6. The van der Waals surface area contributed by atoms with Crippen LogP contribution in [0.2, 0.25) is 0 Å². The lowest BCUT2D eigenvalue weighted by atomic mass is 9.95. The summed E-state index contributed by atoms with van der Waals surface area (Å²) in [6.07, 6.45) is 3.00. The summed E-state index contributed by atoms with van der Waals surface area (Å²) in [6, 6.07) is 26.1. The second kappa shape index (κ2) is 12.6. The van der Waals surface area contributed by atoms with Crippen LogP contribution in [0, 0.1) is 0 Å². The lowest BCUT2D eigenvalue weighted by molar-refractivity contribution is 0.173. The molecule has 0 aromatic heterocycles. The van der Waals surface area contributed by atoms with Crippen molar-refractivity contribution in [2.45, 2.75) is 72.3 Å². The fourth-order valence-corrected chi connectivity index (χ4v) is 4.49. The van der Waals surface area contributed by atoms with Crippen LogP contribution in [-0.2, 0) is 26.1 Å². The molecule has 0 aliphatic carbocycles. The molecule has 3 rings (SSSR count). The zero-order valence-electron chi connectivity index (χ0n) is 20.6. The summed E-state index contributed by atoms with van der Waals surface area (Å²) in [5, 5.41) is 9.69. The van der Waals surface area contributed by atoms with Gasteiger partial charge < -0.3 is 9.84 Å². The normalized spacial score (nSPS) is 11.5. The van der Waals surface area contributed by atoms with Crippen molar-refractivity contribution >= 4 is 0 Å². The molecule has 0 fully saturated rings. The first kappa shape index (κ1) is 25.0. The number of ether oxygens (including phenoxy) is 1. The minimum Gasteiger partial charge on any atom is -0.489 e. The number of rotatable bonds is 12. The highest BCUT2D eigenvalue weighted by Crippen LogP contribution is 2.26. The van der Waals surface area contributed by atoms with E-state index in [2.05, 4.69) is 75.1 Å². The first-order chi connectivity index (χ1) is 16.0. The van der Waals surface area contributed by atoms with Gasteiger partial charge in [0.15, 0.2) is 0 Å². The second-order valence-electron chi connectivity index (χ2n) is 9.35. The number of hydrogen-bond acceptors (Lipinski definition) is 3. The highest BCUT2D eigenvalue weighted by molar-refractivity contribution is 5.42. The van der Waals surface area contributed by atoms with Gasteiger partial charge in [-0.1, -0.05) is 60.7 Å². The Balaban J connectivity index is 1.74. The number of aliphatic hydroxyl groups excluding tert-OH is 1. The van der Waals surface area contributed by atoms with Crippen LogP contribution in [0.5, 0.6) is 5.75 Å². The van der Waals surface area contributed by atoms with Gasteiger partial charge in [0.1, 0.15) is 12.4 Å². The molecule has 176 valence electrons. The van der Waals surface area contributed by atoms with Gasteiger partial charge in [-0.05, 0) is 87.0 Å². The van der Waals surface area contributed by atoms with Gasteiger partial charge in [0.25, 0.3) is 0 Å². The number of hydrogen-bond donors (Lipinski definition) is 1. The molecule has 3 aromatic carbocycles. The molecule has 0 amide bonds. The lowest BCUT2D eigenvalue weighted by Gasteiger charge is -2.30. The Bertz CT molecular complexity index is 974. The summed E-state index contributed by atoms with van der Waals surface area (Å²) < 4.78 is 6.21. The molecule has 3 aromatic rings. The molecule has 0 heterocycles. The van der Waals surface area contributed by atoms with Crippen molar-refractivity contribution < 1.29 is 9.84 Å². The molecule has 1 N–H and O–H groups in total. The van der Waals surface area contributed by atoms with E-state index in [9.17, 15) is 5.11 Å². The van der Waals surface area contributed by atoms with Crippen LogP contribution in [0.3, 0.4) is 0 Å². The van der Waals surface area contributed by atoms with Gasteiger partial charge >= 0.3 is 0 Å². The molecule has 0 saturated heterocycles. The molecule has 0 saturated carbocycles. The molecular formula is C30H39NO2. The molecule has 0 spiro atoms. The van der Waals surface area contributed by atoms with Gasteiger partial charge in [-0.15, -0.1) is 0 Å². The third kappa shape index (κ3) is 7.45. The predicted molar refractivity (Wildman–Crippen MR) is 138 cm³/mol. The van der Waals surface area contributed by atoms with Crippen molar-refractivity contribution in [2.75, 3.05) is 6.54 Å². The average molecular weight is 446 g/mol. The highest BCUT2D eigenvalue weighted by atomic mass is 16.5. The molecule has 0 aliphatic heterocycles. The van der Waals surface area contributed by atoms with Crippen molar-refractivity contribution in [2.24, 2.45) is 0 Å². The van der Waals surface area contributed by atoms with E-state index < -0.39 is 0 Å². The van der Waals surface area contributed by atoms with Gasteiger partial charge in [-0.3, -0.25) is 4.90 Å². The largest absolute Gasteiger partial charge is 0.489 e. The second-order valence-corrected chi connectivity index (χ2v) is 9.35. The van der Waals surface area contributed by atoms with E-state index in [0.717, 1.165) is 48.2 Å². The predicted octanol–water partition coefficient (Wildman–Crippen LogP) is 6.40. The number of benzene rings is 3. The molecular weight excluding hydrogens is 406 g/mol. The van der Waals surface area contributed by atoms with E-state index in [-0.39, 0.29) is 6.61 Å². The summed E-state index contributed by atoms with van der Waals surface area (Å²) in [6.45, 7) is 10.8. The van der Waals surface area contributed by atoms with E-state index in [4.69, 9.17) is 4.74 Å². The Morgan fingerprint density at radius 2 is 1.42 bits per heavy atom. The Morgan fingerprint density at radius 3 is 2.09 bits per heavy atom. The Labute approximate surface area is 200 Å². The van der Waals surface area contributed by atoms with Crippen LogP contribution in [0.1, 0.15) is 61.9 Å². The van der Waals surface area contributed by atoms with E-state index >= 15 is 0 Å². The monoisotopic (exact) mass is 445 g/mol. The number of aliphatic hydroxyl groups is 1. The van der Waals surface area contributed by atoms with Crippen molar-refractivity contribution in [3.05, 3.63) is 101 Å².